The van der Waals surface area contributed by atoms with E-state index in [-0.39, 0.29) is 16.8 Å². The maximum absolute atomic E-state index is 8.06. The minimum atomic E-state index is -0.167. The Bertz CT molecular complexity index is 30.1. The first-order valence-corrected chi connectivity index (χ1v) is 4.62. The second-order valence-electron chi connectivity index (χ2n) is 1.30. The minimum Gasteiger partial charge on any atom is -0.394 e. The zero-order chi connectivity index (χ0) is 8.99. The van der Waals surface area contributed by atoms with Crippen LogP contribution in [0.1, 0.15) is 13.8 Å². The van der Waals surface area contributed by atoms with Crippen molar-refractivity contribution in [3.05, 3.63) is 0 Å². The van der Waals surface area contributed by atoms with Gasteiger partial charge < -0.3 is 5.11 Å². The molecule has 10 heavy (non-hydrogen) atoms. The predicted octanol–water partition coefficient (Wildman–Crippen LogP) is 3.23. The van der Waals surface area contributed by atoms with Crippen molar-refractivity contribution < 1.29 is 5.11 Å². The highest BCUT2D eigenvalue weighted by atomic mass is 35.5. The van der Waals surface area contributed by atoms with Gasteiger partial charge >= 0.3 is 0 Å². The molecule has 1 nitrogen and oxygen atoms in total. The van der Waals surface area contributed by atoms with Crippen molar-refractivity contribution in [3.8, 4) is 0 Å². The minimum absolute atomic E-state index is 0.167. The van der Waals surface area contributed by atoms with E-state index in [1.54, 1.807) is 13.8 Å². The molecule has 0 aliphatic rings. The van der Waals surface area contributed by atoms with E-state index in [0.29, 0.717) is 0 Å². The van der Waals surface area contributed by atoms with E-state index in [2.05, 4.69) is 0 Å². The molecule has 0 saturated carbocycles. The summed E-state index contributed by atoms with van der Waals surface area (Å²) in [6.45, 7) is 3.44. The number of hydrogen-bond donors (Lipinski definition) is 1. The lowest BCUT2D eigenvalue weighted by Gasteiger charge is -1.80. The molecule has 0 bridgehead atoms. The number of aliphatic hydroxyl groups is 1. The molecule has 0 aromatic carbocycles. The summed E-state index contributed by atoms with van der Waals surface area (Å²) < 4.78 is 0. The molecule has 0 aromatic rings. The van der Waals surface area contributed by atoms with Crippen LogP contribution in [0.4, 0.5) is 0 Å². The molecule has 0 fully saturated rings. The average molecular weight is 230 g/mol. The molecule has 1 N–H and O–H groups in total. The van der Waals surface area contributed by atoms with Crippen LogP contribution in [0, 0.1) is 0 Å². The van der Waals surface area contributed by atoms with E-state index in [1.165, 1.54) is 0 Å². The second-order valence-corrected chi connectivity index (χ2v) is 2.91. The summed E-state index contributed by atoms with van der Waals surface area (Å²) in [7, 11) is 0. The van der Waals surface area contributed by atoms with E-state index in [4.69, 9.17) is 51.5 Å². The van der Waals surface area contributed by atoms with Gasteiger partial charge in [-0.3, -0.25) is 0 Å². The molecule has 0 rings (SSSR count). The third kappa shape index (κ3) is 479. The Balaban J connectivity index is -0.0000000750. The molecule has 0 aromatic heterocycles. The molecule has 0 aliphatic heterocycles. The molecular weight excluding hydrogens is 218 g/mol. The standard InChI is InChI=1S/C3H8O.2CH2Cl2/c1-3(2)4;2*2-1-3/h3-4H,1-2H3;2*1H2. The summed E-state index contributed by atoms with van der Waals surface area (Å²) in [5.41, 5.74) is 0. The second kappa shape index (κ2) is 22.5. The van der Waals surface area contributed by atoms with Gasteiger partial charge in [0.1, 0.15) is 0 Å². The highest BCUT2D eigenvalue weighted by molar-refractivity contribution is 6.40. The van der Waals surface area contributed by atoms with Gasteiger partial charge in [-0.15, -0.1) is 46.4 Å². The van der Waals surface area contributed by atoms with Gasteiger partial charge in [0.05, 0.1) is 10.7 Å². The number of aliphatic hydroxyl groups excluding tert-OH is 1. The van der Waals surface area contributed by atoms with Crippen LogP contribution in [0.2, 0.25) is 0 Å². The number of hydrogen-bond acceptors (Lipinski definition) is 1. The lowest BCUT2D eigenvalue weighted by atomic mass is 10.5. The summed E-state index contributed by atoms with van der Waals surface area (Å²) in [6, 6.07) is 0. The molecule has 0 spiro atoms. The van der Waals surface area contributed by atoms with E-state index < -0.39 is 0 Å². The summed E-state index contributed by atoms with van der Waals surface area (Å²) >= 11 is 19.1. The Morgan fingerprint density at radius 1 is 1.00 bits per heavy atom. The Hall–Kier alpha value is 1.12. The van der Waals surface area contributed by atoms with Crippen LogP contribution < -0.4 is 0 Å². The quantitative estimate of drug-likeness (QED) is 0.633. The van der Waals surface area contributed by atoms with E-state index >= 15 is 0 Å². The Labute approximate surface area is 82.2 Å². The monoisotopic (exact) mass is 228 g/mol. The zero-order valence-electron chi connectivity index (χ0n) is 5.95. The molecule has 0 unspecified atom stereocenters. The van der Waals surface area contributed by atoms with E-state index in [9.17, 15) is 0 Å². The van der Waals surface area contributed by atoms with E-state index in [1.807, 2.05) is 0 Å². The third-order valence-corrected chi connectivity index (χ3v) is 0. The largest absolute Gasteiger partial charge is 0.394 e. The van der Waals surface area contributed by atoms with Crippen molar-refractivity contribution in [1.82, 2.24) is 0 Å². The molecular formula is C5H12Cl4O. The van der Waals surface area contributed by atoms with Crippen LogP contribution in [0.5, 0.6) is 0 Å². The smallest absolute Gasteiger partial charge is 0.0967 e. The SMILES string of the molecule is CC(C)O.ClCCl.ClCCl. The van der Waals surface area contributed by atoms with Crippen molar-refractivity contribution in [2.24, 2.45) is 0 Å². The summed E-state index contributed by atoms with van der Waals surface area (Å²) in [6.07, 6.45) is -0.167. The van der Waals surface area contributed by atoms with Gasteiger partial charge in [0.25, 0.3) is 0 Å². The Morgan fingerprint density at radius 3 is 1.00 bits per heavy atom. The highest BCUT2D eigenvalue weighted by Gasteiger charge is 1.69. The number of halogens is 4. The fraction of sp³-hybridized carbons (Fsp3) is 1.00. The van der Waals surface area contributed by atoms with Gasteiger partial charge in [0.15, 0.2) is 0 Å². The Morgan fingerprint density at radius 2 is 1.00 bits per heavy atom. The fourth-order valence-electron chi connectivity index (χ4n) is 0. The van der Waals surface area contributed by atoms with Crippen molar-refractivity contribution >= 4 is 46.4 Å². The van der Waals surface area contributed by atoms with Gasteiger partial charge in [0, 0.05) is 6.10 Å². The Kier molecular flexibility index (Phi) is 38.8. The molecule has 5 heteroatoms. The van der Waals surface area contributed by atoms with Crippen LogP contribution in [0.15, 0.2) is 0 Å². The van der Waals surface area contributed by atoms with Crippen LogP contribution in [0.25, 0.3) is 0 Å². The maximum Gasteiger partial charge on any atom is 0.0967 e. The van der Waals surface area contributed by atoms with Gasteiger partial charge in [-0.1, -0.05) is 0 Å². The number of rotatable bonds is 0. The van der Waals surface area contributed by atoms with Gasteiger partial charge in [0.2, 0.25) is 0 Å². The highest BCUT2D eigenvalue weighted by Crippen LogP contribution is 1.73. The first-order chi connectivity index (χ1) is 4.56. The van der Waals surface area contributed by atoms with Crippen molar-refractivity contribution in [3.63, 3.8) is 0 Å². The van der Waals surface area contributed by atoms with Crippen molar-refractivity contribution in [1.29, 1.82) is 0 Å². The van der Waals surface area contributed by atoms with Crippen LogP contribution in [-0.4, -0.2) is 21.9 Å². The summed E-state index contributed by atoms with van der Waals surface area (Å²) in [5, 5.41) is 8.44. The molecule has 0 radical (unpaired) electrons. The normalized spacial score (nSPS) is 7.20. The maximum atomic E-state index is 8.06. The van der Waals surface area contributed by atoms with Crippen LogP contribution in [-0.2, 0) is 0 Å². The molecule has 0 heterocycles. The molecule has 0 saturated heterocycles. The first-order valence-electron chi connectivity index (χ1n) is 2.48. The predicted molar refractivity (Wildman–Crippen MR) is 50.5 cm³/mol. The molecule has 66 valence electrons. The van der Waals surface area contributed by atoms with Gasteiger partial charge in [-0.2, -0.15) is 0 Å². The van der Waals surface area contributed by atoms with Crippen LogP contribution >= 0.6 is 46.4 Å². The van der Waals surface area contributed by atoms with Gasteiger partial charge in [-0.05, 0) is 13.8 Å². The topological polar surface area (TPSA) is 20.2 Å². The molecule has 0 aliphatic carbocycles. The van der Waals surface area contributed by atoms with Crippen LogP contribution in [0.3, 0.4) is 0 Å². The molecule has 0 atom stereocenters. The summed E-state index contributed by atoms with van der Waals surface area (Å²) in [5.74, 6) is 0. The van der Waals surface area contributed by atoms with Gasteiger partial charge in [-0.25, -0.2) is 0 Å². The average Bonchev–Trinajstić information content (AvgIpc) is 1.65. The van der Waals surface area contributed by atoms with Crippen molar-refractivity contribution in [2.75, 3.05) is 10.7 Å². The fourth-order valence-corrected chi connectivity index (χ4v) is 0. The van der Waals surface area contributed by atoms with E-state index in [0.717, 1.165) is 0 Å². The van der Waals surface area contributed by atoms with Crippen molar-refractivity contribution in [2.45, 2.75) is 20.0 Å². The first kappa shape index (κ1) is 17.3. The molecule has 0 amide bonds. The number of alkyl halides is 4. The lowest BCUT2D eigenvalue weighted by molar-refractivity contribution is 0.216. The zero-order valence-corrected chi connectivity index (χ0v) is 8.97. The summed E-state index contributed by atoms with van der Waals surface area (Å²) in [4.78, 5) is 0. The lowest BCUT2D eigenvalue weighted by Crippen LogP contribution is -1.85. The third-order valence-electron chi connectivity index (χ3n) is 0.